The molecule has 0 aliphatic heterocycles. The molecule has 3 N–H and O–H groups in total. The average molecular weight is 210 g/mol. The Balaban J connectivity index is 3.95. The number of carboxylic acid groups (broad SMARTS) is 2. The highest BCUT2D eigenvalue weighted by atomic mass is 35.5. The molecular formula is C7H12ClNO4. The molecule has 0 bridgehead atoms. The fourth-order valence-electron chi connectivity index (χ4n) is 0.726. The zero-order chi connectivity index (χ0) is 10.4. The average Bonchev–Trinajstić information content (AvgIpc) is 1.96. The number of nitrogens with one attached hydrogen (secondary N) is 1. The smallest absolute Gasteiger partial charge is 0.321 e. The standard InChI is InChI=1S/C7H12ClNO4/c1-4(8)3-9-5(7(12)13)2-6(10)11/h4-5,9H,2-3H2,1H3,(H,10,11)(H,12,13)/t4-,5-/m0/s1. The Labute approximate surface area is 80.7 Å². The number of halogens is 1. The minimum absolute atomic E-state index is 0.226. The number of carboxylic acids is 2. The molecule has 5 nitrogen and oxygen atoms in total. The van der Waals surface area contributed by atoms with Crippen molar-refractivity contribution in [1.82, 2.24) is 5.32 Å². The van der Waals surface area contributed by atoms with Crippen molar-refractivity contribution in [2.24, 2.45) is 0 Å². The normalized spacial score (nSPS) is 14.9. The zero-order valence-corrected chi connectivity index (χ0v) is 7.91. The van der Waals surface area contributed by atoms with Gasteiger partial charge in [-0.05, 0) is 6.92 Å². The number of aliphatic carboxylic acids is 2. The molecule has 0 saturated carbocycles. The SMILES string of the molecule is C[C@H](Cl)CN[C@@H](CC(=O)O)C(=O)O. The van der Waals surface area contributed by atoms with E-state index in [1.807, 2.05) is 0 Å². The molecule has 0 aromatic rings. The quantitative estimate of drug-likeness (QED) is 0.542. The molecular weight excluding hydrogens is 198 g/mol. The number of hydrogen-bond donors (Lipinski definition) is 3. The largest absolute Gasteiger partial charge is 0.481 e. The number of hydrogen-bond acceptors (Lipinski definition) is 3. The first-order valence-corrected chi connectivity index (χ1v) is 4.19. The molecule has 0 heterocycles. The first kappa shape index (κ1) is 12.2. The Morgan fingerprint density at radius 1 is 1.46 bits per heavy atom. The Morgan fingerprint density at radius 2 is 2.00 bits per heavy atom. The van der Waals surface area contributed by atoms with Gasteiger partial charge in [0.1, 0.15) is 6.04 Å². The highest BCUT2D eigenvalue weighted by Gasteiger charge is 2.20. The summed E-state index contributed by atoms with van der Waals surface area (Å²) >= 11 is 5.56. The van der Waals surface area contributed by atoms with Crippen molar-refractivity contribution in [3.05, 3.63) is 0 Å². The van der Waals surface area contributed by atoms with Gasteiger partial charge in [0.25, 0.3) is 0 Å². The molecule has 0 amide bonds. The summed E-state index contributed by atoms with van der Waals surface area (Å²) in [4.78, 5) is 20.7. The van der Waals surface area contributed by atoms with Crippen molar-refractivity contribution in [1.29, 1.82) is 0 Å². The Morgan fingerprint density at radius 3 is 2.31 bits per heavy atom. The van der Waals surface area contributed by atoms with Gasteiger partial charge in [-0.1, -0.05) is 0 Å². The van der Waals surface area contributed by atoms with Crippen molar-refractivity contribution in [2.75, 3.05) is 6.54 Å². The van der Waals surface area contributed by atoms with Gasteiger partial charge in [0.2, 0.25) is 0 Å². The van der Waals surface area contributed by atoms with E-state index in [4.69, 9.17) is 21.8 Å². The first-order chi connectivity index (χ1) is 5.93. The van der Waals surface area contributed by atoms with Gasteiger partial charge < -0.3 is 15.5 Å². The number of alkyl halides is 1. The summed E-state index contributed by atoms with van der Waals surface area (Å²) in [7, 11) is 0. The summed E-state index contributed by atoms with van der Waals surface area (Å²) in [6.45, 7) is 1.96. The van der Waals surface area contributed by atoms with E-state index in [9.17, 15) is 9.59 Å². The van der Waals surface area contributed by atoms with Crippen LogP contribution in [0, 0.1) is 0 Å². The van der Waals surface area contributed by atoms with Crippen LogP contribution in [-0.4, -0.2) is 40.1 Å². The van der Waals surface area contributed by atoms with E-state index in [2.05, 4.69) is 5.32 Å². The molecule has 13 heavy (non-hydrogen) atoms. The Bertz CT molecular complexity index is 195. The molecule has 0 rings (SSSR count). The minimum Gasteiger partial charge on any atom is -0.481 e. The molecule has 0 radical (unpaired) electrons. The Kier molecular flexibility index (Phi) is 5.41. The highest BCUT2D eigenvalue weighted by Crippen LogP contribution is 1.96. The molecule has 0 aromatic carbocycles. The van der Waals surface area contributed by atoms with Crippen LogP contribution in [0.15, 0.2) is 0 Å². The maximum atomic E-state index is 10.5. The lowest BCUT2D eigenvalue weighted by molar-refractivity contribution is -0.145. The van der Waals surface area contributed by atoms with Gasteiger partial charge >= 0.3 is 11.9 Å². The monoisotopic (exact) mass is 209 g/mol. The van der Waals surface area contributed by atoms with E-state index in [1.54, 1.807) is 6.92 Å². The lowest BCUT2D eigenvalue weighted by Crippen LogP contribution is -2.40. The van der Waals surface area contributed by atoms with Gasteiger partial charge in [-0.2, -0.15) is 0 Å². The fourth-order valence-corrected chi connectivity index (χ4v) is 0.815. The highest BCUT2D eigenvalue weighted by molar-refractivity contribution is 6.20. The first-order valence-electron chi connectivity index (χ1n) is 3.75. The van der Waals surface area contributed by atoms with E-state index in [0.717, 1.165) is 0 Å². The molecule has 2 atom stereocenters. The second-order valence-corrected chi connectivity index (χ2v) is 3.42. The zero-order valence-electron chi connectivity index (χ0n) is 7.16. The molecule has 6 heteroatoms. The van der Waals surface area contributed by atoms with Crippen LogP contribution in [-0.2, 0) is 9.59 Å². The summed E-state index contributed by atoms with van der Waals surface area (Å²) in [6.07, 6.45) is -0.445. The van der Waals surface area contributed by atoms with Gasteiger partial charge in [0.05, 0.1) is 6.42 Å². The molecule has 0 spiro atoms. The number of rotatable bonds is 6. The van der Waals surface area contributed by atoms with Gasteiger partial charge in [-0.3, -0.25) is 9.59 Å². The summed E-state index contributed by atoms with van der Waals surface area (Å²) in [5, 5.41) is 19.2. The predicted octanol–water partition coefficient (Wildman–Crippen LogP) is 0.131. The predicted molar refractivity (Wildman–Crippen MR) is 47.0 cm³/mol. The lowest BCUT2D eigenvalue weighted by atomic mass is 10.2. The van der Waals surface area contributed by atoms with Crippen LogP contribution in [0.5, 0.6) is 0 Å². The van der Waals surface area contributed by atoms with E-state index >= 15 is 0 Å². The number of carbonyl (C=O) groups is 2. The van der Waals surface area contributed by atoms with Crippen LogP contribution in [0.3, 0.4) is 0 Å². The maximum Gasteiger partial charge on any atom is 0.321 e. The molecule has 0 saturated heterocycles. The van der Waals surface area contributed by atoms with E-state index in [-0.39, 0.29) is 11.9 Å². The van der Waals surface area contributed by atoms with E-state index in [1.165, 1.54) is 0 Å². The van der Waals surface area contributed by atoms with Crippen molar-refractivity contribution in [3.8, 4) is 0 Å². The van der Waals surface area contributed by atoms with Crippen molar-refractivity contribution < 1.29 is 19.8 Å². The molecule has 0 aliphatic rings. The van der Waals surface area contributed by atoms with Crippen molar-refractivity contribution in [3.63, 3.8) is 0 Å². The van der Waals surface area contributed by atoms with Crippen LogP contribution >= 0.6 is 11.6 Å². The molecule has 76 valence electrons. The minimum atomic E-state index is -1.18. The fraction of sp³-hybridized carbons (Fsp3) is 0.714. The third-order valence-corrected chi connectivity index (χ3v) is 1.48. The van der Waals surface area contributed by atoms with E-state index in [0.29, 0.717) is 0 Å². The summed E-state index contributed by atoms with van der Waals surface area (Å²) in [5.74, 6) is -2.33. The third-order valence-electron chi connectivity index (χ3n) is 1.32. The Hall–Kier alpha value is -0.810. The van der Waals surface area contributed by atoms with Crippen LogP contribution in [0.2, 0.25) is 0 Å². The van der Waals surface area contributed by atoms with Crippen molar-refractivity contribution in [2.45, 2.75) is 24.8 Å². The molecule has 0 aliphatic carbocycles. The van der Waals surface area contributed by atoms with Gasteiger partial charge in [0, 0.05) is 11.9 Å². The summed E-state index contributed by atoms with van der Waals surface area (Å²) in [6, 6.07) is -1.07. The van der Waals surface area contributed by atoms with Gasteiger partial charge in [-0.25, -0.2) is 0 Å². The van der Waals surface area contributed by atoms with E-state index < -0.39 is 24.4 Å². The molecule has 0 aromatic heterocycles. The van der Waals surface area contributed by atoms with Crippen LogP contribution < -0.4 is 5.32 Å². The van der Waals surface area contributed by atoms with Crippen molar-refractivity contribution >= 4 is 23.5 Å². The maximum absolute atomic E-state index is 10.5. The van der Waals surface area contributed by atoms with Crippen LogP contribution in [0.4, 0.5) is 0 Å². The summed E-state index contributed by atoms with van der Waals surface area (Å²) in [5.41, 5.74) is 0. The van der Waals surface area contributed by atoms with Crippen LogP contribution in [0.25, 0.3) is 0 Å². The third kappa shape index (κ3) is 6.36. The van der Waals surface area contributed by atoms with Crippen LogP contribution in [0.1, 0.15) is 13.3 Å². The molecule has 0 fully saturated rings. The topological polar surface area (TPSA) is 86.6 Å². The summed E-state index contributed by atoms with van der Waals surface area (Å²) < 4.78 is 0. The molecule has 0 unspecified atom stereocenters. The second kappa shape index (κ2) is 5.77. The lowest BCUT2D eigenvalue weighted by Gasteiger charge is -2.12. The van der Waals surface area contributed by atoms with Gasteiger partial charge in [-0.15, -0.1) is 11.6 Å². The van der Waals surface area contributed by atoms with Gasteiger partial charge in [0.15, 0.2) is 0 Å². The second-order valence-electron chi connectivity index (χ2n) is 2.68.